The van der Waals surface area contributed by atoms with E-state index in [9.17, 15) is 0 Å². The van der Waals surface area contributed by atoms with Crippen LogP contribution in [0.4, 0.5) is 11.4 Å². The van der Waals surface area contributed by atoms with Gasteiger partial charge < -0.3 is 11.5 Å². The highest BCUT2D eigenvalue weighted by atomic mass is 32.2. The molecule has 2 unspecified atom stereocenters. The van der Waals surface area contributed by atoms with Crippen LogP contribution in [0.1, 0.15) is 0 Å². The molecule has 0 saturated carbocycles. The molecule has 0 spiro atoms. The van der Waals surface area contributed by atoms with Crippen molar-refractivity contribution in [2.24, 2.45) is 0 Å². The first-order valence-corrected chi connectivity index (χ1v) is 10.8. The van der Waals surface area contributed by atoms with Crippen molar-refractivity contribution < 1.29 is 0 Å². The third kappa shape index (κ3) is 4.72. The van der Waals surface area contributed by atoms with Gasteiger partial charge in [-0.25, -0.2) is 0 Å². The van der Waals surface area contributed by atoms with Crippen LogP contribution in [0, 0.1) is 0 Å². The summed E-state index contributed by atoms with van der Waals surface area (Å²) in [5.74, 6) is 2.35. The molecule has 1 aliphatic heterocycles. The van der Waals surface area contributed by atoms with E-state index in [0.717, 1.165) is 11.4 Å². The Morgan fingerprint density at radius 3 is 1.36 bits per heavy atom. The second kappa shape index (κ2) is 7.81. The van der Waals surface area contributed by atoms with Crippen LogP contribution in [-0.2, 0) is 0 Å². The zero-order valence-corrected chi connectivity index (χ0v) is 15.2. The third-order valence-corrected chi connectivity index (χ3v) is 9.45. The molecule has 22 heavy (non-hydrogen) atoms. The monoisotopic (exact) mass is 366 g/mol. The van der Waals surface area contributed by atoms with E-state index in [1.54, 1.807) is 0 Å². The number of benzene rings is 2. The fourth-order valence-electron chi connectivity index (χ4n) is 2.00. The van der Waals surface area contributed by atoms with Gasteiger partial charge in [-0.1, -0.05) is 0 Å². The Bertz CT molecular complexity index is 537. The zero-order valence-electron chi connectivity index (χ0n) is 12.0. The molecule has 4 N–H and O–H groups in total. The summed E-state index contributed by atoms with van der Waals surface area (Å²) in [5, 5.41) is 0. The predicted octanol–water partition coefficient (Wildman–Crippen LogP) is 4.87. The maximum absolute atomic E-state index is 5.73. The molecule has 2 nitrogen and oxygen atoms in total. The van der Waals surface area contributed by atoms with Crippen molar-refractivity contribution in [3.63, 3.8) is 0 Å². The Morgan fingerprint density at radius 2 is 1.05 bits per heavy atom. The molecule has 0 bridgehead atoms. The van der Waals surface area contributed by atoms with E-state index in [-0.39, 0.29) is 0 Å². The zero-order chi connectivity index (χ0) is 15.4. The maximum atomic E-state index is 5.73. The Kier molecular flexibility index (Phi) is 5.79. The number of nitrogens with two attached hydrogens (primary N) is 2. The van der Waals surface area contributed by atoms with E-state index in [2.05, 4.69) is 47.8 Å². The van der Waals surface area contributed by atoms with Crippen molar-refractivity contribution in [2.75, 3.05) is 23.0 Å². The normalized spacial score (nSPS) is 21.6. The van der Waals surface area contributed by atoms with Crippen molar-refractivity contribution in [1.29, 1.82) is 0 Å². The van der Waals surface area contributed by atoms with E-state index < -0.39 is 0 Å². The Morgan fingerprint density at radius 1 is 0.682 bits per heavy atom. The quantitative estimate of drug-likeness (QED) is 0.753. The number of hydrogen-bond acceptors (Lipinski definition) is 6. The summed E-state index contributed by atoms with van der Waals surface area (Å²) >= 11 is 8.00. The minimum absolute atomic E-state index is 0.622. The average Bonchev–Trinajstić information content (AvgIpc) is 2.54. The minimum Gasteiger partial charge on any atom is -0.399 e. The van der Waals surface area contributed by atoms with Gasteiger partial charge in [0.25, 0.3) is 0 Å². The predicted molar refractivity (Wildman–Crippen MR) is 106 cm³/mol. The van der Waals surface area contributed by atoms with E-state index in [1.165, 1.54) is 21.3 Å². The molecule has 0 aromatic heterocycles. The van der Waals surface area contributed by atoms with Gasteiger partial charge in [-0.15, -0.1) is 47.0 Å². The van der Waals surface area contributed by atoms with E-state index in [0.29, 0.717) is 9.16 Å². The van der Waals surface area contributed by atoms with E-state index in [4.69, 9.17) is 11.5 Å². The Hall–Kier alpha value is -0.560. The van der Waals surface area contributed by atoms with Crippen LogP contribution >= 0.6 is 47.0 Å². The van der Waals surface area contributed by atoms with Crippen LogP contribution in [-0.4, -0.2) is 20.7 Å². The fourth-order valence-corrected chi connectivity index (χ4v) is 7.88. The largest absolute Gasteiger partial charge is 0.399 e. The van der Waals surface area contributed by atoms with E-state index in [1.807, 2.05) is 47.8 Å². The molecule has 3 rings (SSSR count). The lowest BCUT2D eigenvalue weighted by molar-refractivity contribution is 1.30. The van der Waals surface area contributed by atoms with Gasteiger partial charge in [0.05, 0.1) is 9.16 Å². The lowest BCUT2D eigenvalue weighted by Crippen LogP contribution is -2.16. The first-order valence-electron chi connectivity index (χ1n) is 6.96. The summed E-state index contributed by atoms with van der Waals surface area (Å²) in [6, 6.07) is 16.3. The molecular weight excluding hydrogens is 348 g/mol. The van der Waals surface area contributed by atoms with Crippen LogP contribution < -0.4 is 11.5 Å². The summed E-state index contributed by atoms with van der Waals surface area (Å²) in [6.45, 7) is 0. The minimum atomic E-state index is 0.622. The summed E-state index contributed by atoms with van der Waals surface area (Å²) < 4.78 is 1.24. The molecule has 0 amide bonds. The molecular formula is C16H18N2S4. The second-order valence-corrected chi connectivity index (χ2v) is 10.5. The summed E-state index contributed by atoms with van der Waals surface area (Å²) in [7, 11) is 0. The highest BCUT2D eigenvalue weighted by Crippen LogP contribution is 2.44. The molecule has 2 atom stereocenters. The van der Waals surface area contributed by atoms with Crippen molar-refractivity contribution in [3.8, 4) is 0 Å². The molecule has 2 aromatic rings. The van der Waals surface area contributed by atoms with Crippen molar-refractivity contribution in [2.45, 2.75) is 19.0 Å². The first-order chi connectivity index (χ1) is 10.7. The highest BCUT2D eigenvalue weighted by molar-refractivity contribution is 8.23. The standard InChI is InChI=1S/C16H18N2S4/c17-11-1-5-13(6-2-11)21-15-9-20-16(10-19-15)22-14-7-3-12(18)4-8-14/h1-8,15-16H,9-10,17-18H2. The van der Waals surface area contributed by atoms with Crippen LogP contribution in [0.3, 0.4) is 0 Å². The van der Waals surface area contributed by atoms with Crippen LogP contribution in [0.2, 0.25) is 0 Å². The molecule has 0 aliphatic carbocycles. The van der Waals surface area contributed by atoms with Gasteiger partial charge in [0.2, 0.25) is 0 Å². The lowest BCUT2D eigenvalue weighted by atomic mass is 10.3. The van der Waals surface area contributed by atoms with Crippen LogP contribution in [0.5, 0.6) is 0 Å². The molecule has 0 radical (unpaired) electrons. The molecule has 1 saturated heterocycles. The highest BCUT2D eigenvalue weighted by Gasteiger charge is 2.23. The van der Waals surface area contributed by atoms with Gasteiger partial charge in [-0.2, -0.15) is 0 Å². The average molecular weight is 367 g/mol. The molecule has 1 aliphatic rings. The summed E-state index contributed by atoms with van der Waals surface area (Å²) in [6.07, 6.45) is 0. The van der Waals surface area contributed by atoms with Gasteiger partial charge in [-0.05, 0) is 48.5 Å². The third-order valence-electron chi connectivity index (χ3n) is 3.13. The fraction of sp³-hybridized carbons (Fsp3) is 0.250. The Labute approximate surface area is 148 Å². The molecule has 116 valence electrons. The van der Waals surface area contributed by atoms with E-state index >= 15 is 0 Å². The molecule has 2 aromatic carbocycles. The van der Waals surface area contributed by atoms with Crippen LogP contribution in [0.15, 0.2) is 58.3 Å². The smallest absolute Gasteiger partial charge is 0.0641 e. The summed E-state index contributed by atoms with van der Waals surface area (Å²) in [5.41, 5.74) is 13.1. The Balaban J connectivity index is 1.47. The van der Waals surface area contributed by atoms with Gasteiger partial charge in [0, 0.05) is 32.7 Å². The lowest BCUT2D eigenvalue weighted by Gasteiger charge is -2.27. The van der Waals surface area contributed by atoms with Gasteiger partial charge in [-0.3, -0.25) is 0 Å². The van der Waals surface area contributed by atoms with Gasteiger partial charge in [0.1, 0.15) is 0 Å². The summed E-state index contributed by atoms with van der Waals surface area (Å²) in [4.78, 5) is 2.61. The first kappa shape index (κ1) is 16.3. The topological polar surface area (TPSA) is 52.0 Å². The second-order valence-electron chi connectivity index (χ2n) is 4.90. The number of hydrogen-bond donors (Lipinski definition) is 2. The molecule has 1 fully saturated rings. The SMILES string of the molecule is Nc1ccc(SC2CSC(Sc3ccc(N)cc3)CS2)cc1. The molecule has 6 heteroatoms. The van der Waals surface area contributed by atoms with Crippen LogP contribution in [0.25, 0.3) is 0 Å². The van der Waals surface area contributed by atoms with Crippen molar-refractivity contribution >= 4 is 58.4 Å². The van der Waals surface area contributed by atoms with Gasteiger partial charge in [0.15, 0.2) is 0 Å². The maximum Gasteiger partial charge on any atom is 0.0641 e. The van der Waals surface area contributed by atoms with Crippen molar-refractivity contribution in [1.82, 2.24) is 0 Å². The number of rotatable bonds is 4. The molecule has 1 heterocycles. The number of nitrogen functional groups attached to an aromatic ring is 2. The number of thioether (sulfide) groups is 4. The van der Waals surface area contributed by atoms with Crippen molar-refractivity contribution in [3.05, 3.63) is 48.5 Å². The van der Waals surface area contributed by atoms with Gasteiger partial charge >= 0.3 is 0 Å². The number of anilines is 2.